The van der Waals surface area contributed by atoms with Crippen LogP contribution in [0.4, 0.5) is 13.2 Å². The Morgan fingerprint density at radius 3 is 2.66 bits per heavy atom. The van der Waals surface area contributed by atoms with Gasteiger partial charge < -0.3 is 20.8 Å². The molecule has 10 heteroatoms. The van der Waals surface area contributed by atoms with Gasteiger partial charge in [0.15, 0.2) is 0 Å². The molecule has 1 aromatic carbocycles. The summed E-state index contributed by atoms with van der Waals surface area (Å²) >= 11 is 0. The van der Waals surface area contributed by atoms with E-state index in [-0.39, 0.29) is 18.0 Å². The lowest BCUT2D eigenvalue weighted by atomic mass is 10.1. The summed E-state index contributed by atoms with van der Waals surface area (Å²) in [5.41, 5.74) is 7.52. The van der Waals surface area contributed by atoms with Gasteiger partial charge >= 0.3 is 6.36 Å². The van der Waals surface area contributed by atoms with E-state index in [4.69, 9.17) is 5.73 Å². The number of H-pyrrole nitrogens is 1. The average molecular weight is 407 g/mol. The molecule has 4 N–H and O–H groups in total. The molecule has 0 saturated heterocycles. The van der Waals surface area contributed by atoms with E-state index in [0.29, 0.717) is 22.3 Å². The molecule has 29 heavy (non-hydrogen) atoms. The fourth-order valence-corrected chi connectivity index (χ4v) is 2.76. The summed E-state index contributed by atoms with van der Waals surface area (Å²) < 4.78 is 41.3. The largest absolute Gasteiger partial charge is 0.573 e. The Bertz CT molecular complexity index is 1050. The number of fused-ring (bicyclic) bond motifs is 1. The number of nitrogens with zero attached hydrogens (tertiary/aromatic N) is 2. The number of carbonyl (C=O) groups is 1. The monoisotopic (exact) mass is 407 g/mol. The van der Waals surface area contributed by atoms with Crippen LogP contribution in [-0.4, -0.2) is 39.3 Å². The van der Waals surface area contributed by atoms with Crippen LogP contribution in [0.3, 0.4) is 0 Å². The molecule has 0 atom stereocenters. The minimum Gasteiger partial charge on any atom is -0.406 e. The zero-order valence-corrected chi connectivity index (χ0v) is 16.0. The zero-order valence-electron chi connectivity index (χ0n) is 16.0. The third kappa shape index (κ3) is 5.02. The van der Waals surface area contributed by atoms with Crippen LogP contribution in [0.15, 0.2) is 30.6 Å². The van der Waals surface area contributed by atoms with Gasteiger partial charge in [-0.15, -0.1) is 13.2 Å². The maximum atomic E-state index is 12.5. The van der Waals surface area contributed by atoms with Gasteiger partial charge in [-0.1, -0.05) is 0 Å². The predicted molar refractivity (Wildman–Crippen MR) is 101 cm³/mol. The molecule has 2 aromatic heterocycles. The first-order valence-electron chi connectivity index (χ1n) is 8.70. The molecule has 3 rings (SSSR count). The van der Waals surface area contributed by atoms with Gasteiger partial charge in [-0.25, -0.2) is 4.98 Å². The van der Waals surface area contributed by atoms with Gasteiger partial charge in [0.1, 0.15) is 17.1 Å². The molecule has 2 heterocycles. The molecule has 0 saturated carbocycles. The molecule has 0 spiro atoms. The number of ether oxygens (including phenoxy) is 1. The van der Waals surface area contributed by atoms with Crippen LogP contribution < -0.4 is 15.8 Å². The van der Waals surface area contributed by atoms with Crippen LogP contribution in [-0.2, 0) is 0 Å². The van der Waals surface area contributed by atoms with E-state index < -0.39 is 17.8 Å². The zero-order chi connectivity index (χ0) is 21.4. The Hall–Kier alpha value is -3.14. The van der Waals surface area contributed by atoms with Gasteiger partial charge in [0, 0.05) is 29.1 Å². The highest BCUT2D eigenvalue weighted by molar-refractivity contribution is 5.93. The van der Waals surface area contributed by atoms with Crippen molar-refractivity contribution < 1.29 is 22.7 Å². The molecule has 154 valence electrons. The fraction of sp³-hybridized carbons (Fsp3) is 0.316. The number of aromatic amines is 1. The number of nitrogens with two attached hydrogens (primary N) is 1. The number of aryl methyl sites for hydroxylation is 1. The summed E-state index contributed by atoms with van der Waals surface area (Å²) in [6.07, 6.45) is -1.98. The molecular formula is C19H20F3N5O2. The average Bonchev–Trinajstić information content (AvgIpc) is 2.94. The van der Waals surface area contributed by atoms with E-state index >= 15 is 0 Å². The standard InChI is InChI=1S/C19H20F3N5O2/c1-10-12-5-4-11(29-19(20,21)22)6-13(12)27-16(10)14-7-24-8-15(26-14)17(28)25-9-18(2,3)23/h4-8,27H,9,23H2,1-3H3,(H,25,28). The minimum absolute atomic E-state index is 0.103. The number of amides is 1. The van der Waals surface area contributed by atoms with E-state index in [2.05, 4.69) is 25.0 Å². The van der Waals surface area contributed by atoms with Crippen molar-refractivity contribution in [1.82, 2.24) is 20.3 Å². The predicted octanol–water partition coefficient (Wildman–Crippen LogP) is 3.30. The lowest BCUT2D eigenvalue weighted by Gasteiger charge is -2.18. The molecule has 0 aliphatic rings. The van der Waals surface area contributed by atoms with Crippen LogP contribution in [0.1, 0.15) is 29.9 Å². The van der Waals surface area contributed by atoms with Crippen molar-refractivity contribution in [3.8, 4) is 17.1 Å². The molecule has 0 aliphatic heterocycles. The van der Waals surface area contributed by atoms with Gasteiger partial charge in [0.05, 0.1) is 18.1 Å². The Kier molecular flexibility index (Phi) is 5.22. The second-order valence-corrected chi connectivity index (χ2v) is 7.34. The van der Waals surface area contributed by atoms with Crippen molar-refractivity contribution in [3.63, 3.8) is 0 Å². The molecule has 0 radical (unpaired) electrons. The smallest absolute Gasteiger partial charge is 0.406 e. The van der Waals surface area contributed by atoms with Gasteiger partial charge in [0.25, 0.3) is 5.91 Å². The maximum Gasteiger partial charge on any atom is 0.573 e. The second-order valence-electron chi connectivity index (χ2n) is 7.34. The highest BCUT2D eigenvalue weighted by Crippen LogP contribution is 2.32. The van der Waals surface area contributed by atoms with E-state index in [1.54, 1.807) is 20.8 Å². The number of alkyl halides is 3. The Labute approximate surface area is 164 Å². The first-order chi connectivity index (χ1) is 13.4. The number of halogens is 3. The third-order valence-corrected chi connectivity index (χ3v) is 4.09. The number of rotatable bonds is 5. The van der Waals surface area contributed by atoms with Gasteiger partial charge in [-0.2, -0.15) is 0 Å². The molecule has 0 fully saturated rings. The summed E-state index contributed by atoms with van der Waals surface area (Å²) in [6.45, 7) is 5.61. The summed E-state index contributed by atoms with van der Waals surface area (Å²) in [5.74, 6) is -0.756. The number of hydrogen-bond donors (Lipinski definition) is 3. The fourth-order valence-electron chi connectivity index (χ4n) is 2.76. The van der Waals surface area contributed by atoms with Gasteiger partial charge in [-0.3, -0.25) is 9.78 Å². The minimum atomic E-state index is -4.77. The van der Waals surface area contributed by atoms with Crippen LogP contribution in [0.25, 0.3) is 22.3 Å². The van der Waals surface area contributed by atoms with Crippen molar-refractivity contribution in [1.29, 1.82) is 0 Å². The van der Waals surface area contributed by atoms with Gasteiger partial charge in [-0.05, 0) is 38.5 Å². The Morgan fingerprint density at radius 1 is 1.28 bits per heavy atom. The van der Waals surface area contributed by atoms with E-state index in [0.717, 1.165) is 5.56 Å². The summed E-state index contributed by atoms with van der Waals surface area (Å²) in [5, 5.41) is 3.39. The SMILES string of the molecule is Cc1c(-c2cncc(C(=O)NCC(C)(C)N)n2)[nH]c2cc(OC(F)(F)F)ccc12. The topological polar surface area (TPSA) is 106 Å². The van der Waals surface area contributed by atoms with Crippen molar-refractivity contribution in [2.75, 3.05) is 6.54 Å². The lowest BCUT2D eigenvalue weighted by Crippen LogP contribution is -2.45. The first kappa shape index (κ1) is 20.6. The summed E-state index contributed by atoms with van der Waals surface area (Å²) in [7, 11) is 0. The maximum absolute atomic E-state index is 12.5. The number of aromatic nitrogens is 3. The van der Waals surface area contributed by atoms with Crippen LogP contribution in [0.2, 0.25) is 0 Å². The highest BCUT2D eigenvalue weighted by atomic mass is 19.4. The van der Waals surface area contributed by atoms with E-state index in [1.165, 1.54) is 30.6 Å². The van der Waals surface area contributed by atoms with E-state index in [1.807, 2.05) is 0 Å². The number of nitrogens with one attached hydrogen (secondary N) is 2. The van der Waals surface area contributed by atoms with E-state index in [9.17, 15) is 18.0 Å². The molecule has 0 unspecified atom stereocenters. The van der Waals surface area contributed by atoms with Crippen LogP contribution in [0.5, 0.6) is 5.75 Å². The Morgan fingerprint density at radius 2 is 2.00 bits per heavy atom. The molecule has 3 aromatic rings. The number of hydrogen-bond acceptors (Lipinski definition) is 5. The number of benzene rings is 1. The molecule has 1 amide bonds. The van der Waals surface area contributed by atoms with Crippen molar-refractivity contribution in [2.24, 2.45) is 5.73 Å². The molecule has 0 bridgehead atoms. The molecule has 0 aliphatic carbocycles. The Balaban J connectivity index is 1.92. The molecule has 7 nitrogen and oxygen atoms in total. The normalized spacial score (nSPS) is 12.2. The van der Waals surface area contributed by atoms with Gasteiger partial charge in [0.2, 0.25) is 0 Å². The molecular weight excluding hydrogens is 387 g/mol. The number of carbonyl (C=O) groups excluding carboxylic acids is 1. The quantitative estimate of drug-likeness (QED) is 0.602. The first-order valence-corrected chi connectivity index (χ1v) is 8.70. The second kappa shape index (κ2) is 7.36. The van der Waals surface area contributed by atoms with Crippen LogP contribution >= 0.6 is 0 Å². The van der Waals surface area contributed by atoms with Crippen molar-refractivity contribution in [2.45, 2.75) is 32.7 Å². The van der Waals surface area contributed by atoms with Crippen molar-refractivity contribution in [3.05, 3.63) is 41.9 Å². The van der Waals surface area contributed by atoms with Crippen LogP contribution in [0, 0.1) is 6.92 Å². The summed E-state index contributed by atoms with van der Waals surface area (Å²) in [6, 6.07) is 4.02. The van der Waals surface area contributed by atoms with Crippen molar-refractivity contribution >= 4 is 16.8 Å². The highest BCUT2D eigenvalue weighted by Gasteiger charge is 2.31. The third-order valence-electron chi connectivity index (χ3n) is 4.09. The lowest BCUT2D eigenvalue weighted by molar-refractivity contribution is -0.274. The summed E-state index contributed by atoms with van der Waals surface area (Å²) in [4.78, 5) is 23.7.